The SMILES string of the molecule is COc1ccc(CCC(=O)N(C2CC2)C(C)C(=O)O)cc1. The number of carboxylic acid groups (broad SMARTS) is 1. The maximum absolute atomic E-state index is 12.3. The van der Waals surface area contributed by atoms with E-state index in [1.807, 2.05) is 24.3 Å². The van der Waals surface area contributed by atoms with Crippen LogP contribution >= 0.6 is 0 Å². The molecule has 0 aliphatic heterocycles. The molecule has 1 aromatic carbocycles. The van der Waals surface area contributed by atoms with Crippen LogP contribution in [0.5, 0.6) is 5.75 Å². The summed E-state index contributed by atoms with van der Waals surface area (Å²) in [6.07, 6.45) is 2.76. The molecule has 0 radical (unpaired) electrons. The van der Waals surface area contributed by atoms with Gasteiger partial charge in [-0.05, 0) is 43.9 Å². The maximum Gasteiger partial charge on any atom is 0.326 e. The number of ether oxygens (including phenoxy) is 1. The zero-order valence-corrected chi connectivity index (χ0v) is 12.4. The Morgan fingerprint density at radius 1 is 1.33 bits per heavy atom. The molecule has 1 aliphatic rings. The highest BCUT2D eigenvalue weighted by Gasteiger charge is 2.37. The highest BCUT2D eigenvalue weighted by atomic mass is 16.5. The van der Waals surface area contributed by atoms with Gasteiger partial charge in [0.15, 0.2) is 0 Å². The van der Waals surface area contributed by atoms with Gasteiger partial charge in [0.25, 0.3) is 0 Å². The van der Waals surface area contributed by atoms with Gasteiger partial charge in [-0.2, -0.15) is 0 Å². The van der Waals surface area contributed by atoms with Crippen molar-refractivity contribution in [2.75, 3.05) is 7.11 Å². The zero-order chi connectivity index (χ0) is 15.4. The normalized spacial score (nSPS) is 15.3. The van der Waals surface area contributed by atoms with Gasteiger partial charge in [-0.25, -0.2) is 4.79 Å². The average Bonchev–Trinajstić information content (AvgIpc) is 3.30. The fourth-order valence-electron chi connectivity index (χ4n) is 2.38. The van der Waals surface area contributed by atoms with Crippen molar-refractivity contribution in [1.82, 2.24) is 4.90 Å². The van der Waals surface area contributed by atoms with Crippen LogP contribution in [-0.2, 0) is 16.0 Å². The summed E-state index contributed by atoms with van der Waals surface area (Å²) in [4.78, 5) is 25.0. The highest BCUT2D eigenvalue weighted by Crippen LogP contribution is 2.29. The summed E-state index contributed by atoms with van der Waals surface area (Å²) in [5.41, 5.74) is 1.04. The minimum absolute atomic E-state index is 0.0804. The van der Waals surface area contributed by atoms with Crippen molar-refractivity contribution in [3.8, 4) is 5.75 Å². The van der Waals surface area contributed by atoms with Crippen LogP contribution in [-0.4, -0.2) is 41.1 Å². The summed E-state index contributed by atoms with van der Waals surface area (Å²) in [5, 5.41) is 9.11. The Balaban J connectivity index is 1.93. The molecule has 1 amide bonds. The number of aryl methyl sites for hydroxylation is 1. The van der Waals surface area contributed by atoms with Crippen molar-refractivity contribution in [1.29, 1.82) is 0 Å². The molecule has 0 heterocycles. The smallest absolute Gasteiger partial charge is 0.326 e. The summed E-state index contributed by atoms with van der Waals surface area (Å²) >= 11 is 0. The lowest BCUT2D eigenvalue weighted by Gasteiger charge is -2.26. The fraction of sp³-hybridized carbons (Fsp3) is 0.500. The van der Waals surface area contributed by atoms with E-state index in [1.165, 1.54) is 4.90 Å². The number of aliphatic carboxylic acids is 1. The van der Waals surface area contributed by atoms with Crippen LogP contribution in [0.15, 0.2) is 24.3 Å². The third kappa shape index (κ3) is 3.97. The Morgan fingerprint density at radius 3 is 2.43 bits per heavy atom. The molecule has 1 aliphatic carbocycles. The summed E-state index contributed by atoms with van der Waals surface area (Å²) < 4.78 is 5.09. The molecule has 1 atom stereocenters. The van der Waals surface area contributed by atoms with E-state index in [9.17, 15) is 9.59 Å². The molecule has 21 heavy (non-hydrogen) atoms. The number of rotatable bonds is 7. The van der Waals surface area contributed by atoms with E-state index in [0.29, 0.717) is 12.8 Å². The zero-order valence-electron chi connectivity index (χ0n) is 12.4. The van der Waals surface area contributed by atoms with Gasteiger partial charge in [-0.15, -0.1) is 0 Å². The summed E-state index contributed by atoms with van der Waals surface area (Å²) in [5.74, 6) is -0.243. The first-order valence-electron chi connectivity index (χ1n) is 7.20. The van der Waals surface area contributed by atoms with E-state index in [0.717, 1.165) is 24.2 Å². The molecule has 5 heteroatoms. The number of benzene rings is 1. The second-order valence-corrected chi connectivity index (χ2v) is 5.39. The van der Waals surface area contributed by atoms with Crippen LogP contribution in [0.2, 0.25) is 0 Å². The third-order valence-corrected chi connectivity index (χ3v) is 3.79. The molecule has 1 unspecified atom stereocenters. The largest absolute Gasteiger partial charge is 0.497 e. The standard InChI is InChI=1S/C16H21NO4/c1-11(16(19)20)17(13-6-7-13)15(18)10-5-12-3-8-14(21-2)9-4-12/h3-4,8-9,11,13H,5-7,10H2,1-2H3,(H,19,20). The monoisotopic (exact) mass is 291 g/mol. The number of methoxy groups -OCH3 is 1. The Kier molecular flexibility index (Phi) is 4.83. The van der Waals surface area contributed by atoms with Gasteiger partial charge in [0.05, 0.1) is 7.11 Å². The lowest BCUT2D eigenvalue weighted by Crippen LogP contribution is -2.44. The molecule has 0 spiro atoms. The molecule has 1 aromatic rings. The minimum Gasteiger partial charge on any atom is -0.497 e. The first-order chi connectivity index (χ1) is 10.0. The van der Waals surface area contributed by atoms with Crippen LogP contribution in [0.3, 0.4) is 0 Å². The van der Waals surface area contributed by atoms with E-state index in [4.69, 9.17) is 9.84 Å². The number of carbonyl (C=O) groups is 2. The summed E-state index contributed by atoms with van der Waals surface area (Å²) in [6, 6.07) is 6.93. The van der Waals surface area contributed by atoms with Gasteiger partial charge in [0, 0.05) is 12.5 Å². The molecule has 0 aromatic heterocycles. The molecule has 114 valence electrons. The Hall–Kier alpha value is -2.04. The number of carboxylic acids is 1. The number of carbonyl (C=O) groups excluding carboxylic acids is 1. The molecule has 0 bridgehead atoms. The predicted molar refractivity (Wildman–Crippen MR) is 78.3 cm³/mol. The lowest BCUT2D eigenvalue weighted by molar-refractivity contribution is -0.150. The van der Waals surface area contributed by atoms with Crippen LogP contribution in [0.25, 0.3) is 0 Å². The number of nitrogens with zero attached hydrogens (tertiary/aromatic N) is 1. The van der Waals surface area contributed by atoms with Gasteiger partial charge in [-0.1, -0.05) is 12.1 Å². The Labute approximate surface area is 124 Å². The number of hydrogen-bond acceptors (Lipinski definition) is 3. The van der Waals surface area contributed by atoms with Gasteiger partial charge in [0.2, 0.25) is 5.91 Å². The van der Waals surface area contributed by atoms with Crippen molar-refractivity contribution in [3.63, 3.8) is 0 Å². The van der Waals surface area contributed by atoms with Crippen LogP contribution in [0, 0.1) is 0 Å². The fourth-order valence-corrected chi connectivity index (χ4v) is 2.38. The van der Waals surface area contributed by atoms with E-state index in [2.05, 4.69) is 0 Å². The van der Waals surface area contributed by atoms with Gasteiger partial charge in [0.1, 0.15) is 11.8 Å². The third-order valence-electron chi connectivity index (χ3n) is 3.79. The Bertz CT molecular complexity index is 508. The van der Waals surface area contributed by atoms with E-state index in [-0.39, 0.29) is 11.9 Å². The first kappa shape index (κ1) is 15.4. The van der Waals surface area contributed by atoms with Crippen molar-refractivity contribution in [2.45, 2.75) is 44.7 Å². The van der Waals surface area contributed by atoms with Gasteiger partial charge < -0.3 is 14.7 Å². The molecular formula is C16H21NO4. The van der Waals surface area contributed by atoms with Crippen molar-refractivity contribution >= 4 is 11.9 Å². The van der Waals surface area contributed by atoms with Crippen LogP contribution < -0.4 is 4.74 Å². The van der Waals surface area contributed by atoms with Crippen molar-refractivity contribution in [2.24, 2.45) is 0 Å². The van der Waals surface area contributed by atoms with Gasteiger partial charge >= 0.3 is 5.97 Å². The summed E-state index contributed by atoms with van der Waals surface area (Å²) in [7, 11) is 1.61. The minimum atomic E-state index is -0.945. The first-order valence-corrected chi connectivity index (χ1v) is 7.20. The number of hydrogen-bond donors (Lipinski definition) is 1. The second-order valence-electron chi connectivity index (χ2n) is 5.39. The molecular weight excluding hydrogens is 270 g/mol. The van der Waals surface area contributed by atoms with Crippen LogP contribution in [0.1, 0.15) is 31.7 Å². The van der Waals surface area contributed by atoms with Crippen molar-refractivity contribution in [3.05, 3.63) is 29.8 Å². The molecule has 1 N–H and O–H groups in total. The second kappa shape index (κ2) is 6.61. The number of amides is 1. The van der Waals surface area contributed by atoms with E-state index < -0.39 is 12.0 Å². The molecule has 2 rings (SSSR count). The van der Waals surface area contributed by atoms with E-state index >= 15 is 0 Å². The van der Waals surface area contributed by atoms with Crippen LogP contribution in [0.4, 0.5) is 0 Å². The molecule has 5 nitrogen and oxygen atoms in total. The average molecular weight is 291 g/mol. The van der Waals surface area contributed by atoms with Crippen molar-refractivity contribution < 1.29 is 19.4 Å². The van der Waals surface area contributed by atoms with Gasteiger partial charge in [-0.3, -0.25) is 4.79 Å². The summed E-state index contributed by atoms with van der Waals surface area (Å²) in [6.45, 7) is 1.58. The maximum atomic E-state index is 12.3. The van der Waals surface area contributed by atoms with E-state index in [1.54, 1.807) is 14.0 Å². The highest BCUT2D eigenvalue weighted by molar-refractivity contribution is 5.84. The lowest BCUT2D eigenvalue weighted by atomic mass is 10.1. The molecule has 1 saturated carbocycles. The Morgan fingerprint density at radius 2 is 1.95 bits per heavy atom. The predicted octanol–water partition coefficient (Wildman–Crippen LogP) is 2.09. The topological polar surface area (TPSA) is 66.8 Å². The molecule has 0 saturated heterocycles. The molecule has 1 fully saturated rings. The quantitative estimate of drug-likeness (QED) is 0.835.